The first-order chi connectivity index (χ1) is 9.74. The maximum absolute atomic E-state index is 4.40. The third kappa shape index (κ3) is 3.80. The van der Waals surface area contributed by atoms with Gasteiger partial charge in [-0.2, -0.15) is 0 Å². The van der Waals surface area contributed by atoms with Crippen LogP contribution in [0.2, 0.25) is 0 Å². The topological polar surface area (TPSA) is 24.9 Å². The number of nitrogens with one attached hydrogen (secondary N) is 1. The summed E-state index contributed by atoms with van der Waals surface area (Å²) in [6, 6.07) is 11.2. The van der Waals surface area contributed by atoms with Crippen molar-refractivity contribution in [2.45, 2.75) is 46.1 Å². The van der Waals surface area contributed by atoms with Gasteiger partial charge in [0.15, 0.2) is 0 Å². The van der Waals surface area contributed by atoms with Gasteiger partial charge in [0.05, 0.1) is 5.52 Å². The third-order valence-electron chi connectivity index (χ3n) is 3.90. The third-order valence-corrected chi connectivity index (χ3v) is 3.90. The van der Waals surface area contributed by atoms with Crippen molar-refractivity contribution in [3.05, 3.63) is 42.1 Å². The van der Waals surface area contributed by atoms with Crippen molar-refractivity contribution in [3.8, 4) is 0 Å². The molecule has 2 aromatic rings. The van der Waals surface area contributed by atoms with Crippen LogP contribution >= 0.6 is 0 Å². The fourth-order valence-electron chi connectivity index (χ4n) is 2.91. The number of hydrogen-bond acceptors (Lipinski definition) is 2. The Labute approximate surface area is 122 Å². The zero-order valence-electron chi connectivity index (χ0n) is 12.9. The van der Waals surface area contributed by atoms with E-state index >= 15 is 0 Å². The van der Waals surface area contributed by atoms with Crippen molar-refractivity contribution in [1.82, 2.24) is 10.3 Å². The summed E-state index contributed by atoms with van der Waals surface area (Å²) in [6.45, 7) is 7.81. The van der Waals surface area contributed by atoms with Crippen molar-refractivity contribution in [1.29, 1.82) is 0 Å². The van der Waals surface area contributed by atoms with Gasteiger partial charge in [0, 0.05) is 17.6 Å². The van der Waals surface area contributed by atoms with E-state index in [0.717, 1.165) is 18.0 Å². The van der Waals surface area contributed by atoms with Gasteiger partial charge in [0.2, 0.25) is 0 Å². The van der Waals surface area contributed by atoms with E-state index in [4.69, 9.17) is 0 Å². The summed E-state index contributed by atoms with van der Waals surface area (Å²) in [7, 11) is 0. The minimum absolute atomic E-state index is 0.450. The van der Waals surface area contributed by atoms with Crippen LogP contribution in [0.15, 0.2) is 36.5 Å². The Morgan fingerprint density at radius 3 is 2.80 bits per heavy atom. The number of hydrogen-bond donors (Lipinski definition) is 1. The van der Waals surface area contributed by atoms with Crippen molar-refractivity contribution in [2.24, 2.45) is 5.92 Å². The number of aromatic nitrogens is 1. The van der Waals surface area contributed by atoms with E-state index in [1.807, 2.05) is 12.3 Å². The van der Waals surface area contributed by atoms with Gasteiger partial charge in [0.25, 0.3) is 0 Å². The standard InChI is InChI=1S/C18H26N2/c1-4-7-14(3)12-18(19-5-2)16-9-10-17-15(13-16)8-6-11-20-17/h6,8-11,13-14,18-19H,4-5,7,12H2,1-3H3. The van der Waals surface area contributed by atoms with Crippen LogP contribution < -0.4 is 5.32 Å². The van der Waals surface area contributed by atoms with E-state index in [9.17, 15) is 0 Å². The minimum atomic E-state index is 0.450. The van der Waals surface area contributed by atoms with Crippen LogP contribution in [0.3, 0.4) is 0 Å². The summed E-state index contributed by atoms with van der Waals surface area (Å²) in [5.41, 5.74) is 2.46. The molecule has 0 saturated carbocycles. The zero-order valence-corrected chi connectivity index (χ0v) is 12.9. The van der Waals surface area contributed by atoms with Crippen LogP contribution in [0.5, 0.6) is 0 Å². The number of fused-ring (bicyclic) bond motifs is 1. The van der Waals surface area contributed by atoms with E-state index in [0.29, 0.717) is 6.04 Å². The molecule has 2 heteroatoms. The van der Waals surface area contributed by atoms with Crippen molar-refractivity contribution in [3.63, 3.8) is 0 Å². The van der Waals surface area contributed by atoms with Crippen molar-refractivity contribution >= 4 is 10.9 Å². The molecule has 0 aliphatic carbocycles. The summed E-state index contributed by atoms with van der Waals surface area (Å²) in [6.07, 6.45) is 5.62. The van der Waals surface area contributed by atoms with E-state index < -0.39 is 0 Å². The van der Waals surface area contributed by atoms with Gasteiger partial charge in [-0.1, -0.05) is 45.7 Å². The molecule has 2 nitrogen and oxygen atoms in total. The molecular formula is C18H26N2. The summed E-state index contributed by atoms with van der Waals surface area (Å²) < 4.78 is 0. The summed E-state index contributed by atoms with van der Waals surface area (Å²) in [5, 5.41) is 4.86. The summed E-state index contributed by atoms with van der Waals surface area (Å²) in [5.74, 6) is 0.758. The number of rotatable bonds is 7. The molecule has 0 spiro atoms. The SMILES string of the molecule is CCCC(C)CC(NCC)c1ccc2ncccc2c1. The second kappa shape index (κ2) is 7.39. The highest BCUT2D eigenvalue weighted by Crippen LogP contribution is 2.26. The smallest absolute Gasteiger partial charge is 0.0702 e. The number of nitrogens with zero attached hydrogens (tertiary/aromatic N) is 1. The highest BCUT2D eigenvalue weighted by atomic mass is 14.9. The monoisotopic (exact) mass is 270 g/mol. The molecule has 1 N–H and O–H groups in total. The van der Waals surface area contributed by atoms with Gasteiger partial charge < -0.3 is 5.32 Å². The minimum Gasteiger partial charge on any atom is -0.310 e. The van der Waals surface area contributed by atoms with Crippen LogP contribution in [0.1, 0.15) is 51.6 Å². The van der Waals surface area contributed by atoms with Crippen molar-refractivity contribution < 1.29 is 0 Å². The second-order valence-corrected chi connectivity index (χ2v) is 5.70. The fourth-order valence-corrected chi connectivity index (χ4v) is 2.91. The second-order valence-electron chi connectivity index (χ2n) is 5.70. The lowest BCUT2D eigenvalue weighted by molar-refractivity contribution is 0.395. The van der Waals surface area contributed by atoms with E-state index in [-0.39, 0.29) is 0 Å². The van der Waals surface area contributed by atoms with Crippen LogP contribution in [-0.2, 0) is 0 Å². The normalized spacial score (nSPS) is 14.3. The van der Waals surface area contributed by atoms with Crippen LogP contribution in [0, 0.1) is 5.92 Å². The van der Waals surface area contributed by atoms with E-state index in [2.05, 4.69) is 55.3 Å². The Bertz CT molecular complexity index is 536. The molecule has 0 bridgehead atoms. The average molecular weight is 270 g/mol. The molecule has 2 rings (SSSR count). The fraction of sp³-hybridized carbons (Fsp3) is 0.500. The molecule has 0 aliphatic rings. The lowest BCUT2D eigenvalue weighted by Gasteiger charge is -2.22. The molecule has 0 radical (unpaired) electrons. The van der Waals surface area contributed by atoms with Gasteiger partial charge in [0.1, 0.15) is 0 Å². The number of pyridine rings is 1. The van der Waals surface area contributed by atoms with E-state index in [1.165, 1.54) is 30.2 Å². The highest BCUT2D eigenvalue weighted by molar-refractivity contribution is 5.79. The first-order valence-electron chi connectivity index (χ1n) is 7.82. The highest BCUT2D eigenvalue weighted by Gasteiger charge is 2.14. The maximum atomic E-state index is 4.40. The van der Waals surface area contributed by atoms with Crippen LogP contribution in [0.4, 0.5) is 0 Å². The molecule has 20 heavy (non-hydrogen) atoms. The van der Waals surface area contributed by atoms with Gasteiger partial charge in [-0.15, -0.1) is 0 Å². The van der Waals surface area contributed by atoms with Gasteiger partial charge >= 0.3 is 0 Å². The van der Waals surface area contributed by atoms with Gasteiger partial charge in [-0.05, 0) is 42.6 Å². The zero-order chi connectivity index (χ0) is 14.4. The Morgan fingerprint density at radius 1 is 1.20 bits per heavy atom. The quantitative estimate of drug-likeness (QED) is 0.788. The maximum Gasteiger partial charge on any atom is 0.0702 e. The molecule has 1 aromatic heterocycles. The molecule has 0 amide bonds. The molecule has 2 atom stereocenters. The molecule has 1 heterocycles. The van der Waals surface area contributed by atoms with Gasteiger partial charge in [-0.25, -0.2) is 0 Å². The number of benzene rings is 1. The molecule has 108 valence electrons. The Balaban J connectivity index is 2.21. The first-order valence-corrected chi connectivity index (χ1v) is 7.82. The van der Waals surface area contributed by atoms with Crippen molar-refractivity contribution in [2.75, 3.05) is 6.54 Å². The first kappa shape index (κ1) is 15.0. The molecule has 2 unspecified atom stereocenters. The Kier molecular flexibility index (Phi) is 5.54. The van der Waals surface area contributed by atoms with E-state index in [1.54, 1.807) is 0 Å². The molecule has 0 fully saturated rings. The molecule has 0 aliphatic heterocycles. The summed E-state index contributed by atoms with van der Waals surface area (Å²) in [4.78, 5) is 4.40. The predicted molar refractivity (Wildman–Crippen MR) is 86.8 cm³/mol. The Hall–Kier alpha value is -1.41. The molecule has 0 saturated heterocycles. The van der Waals surface area contributed by atoms with Crippen LogP contribution in [-0.4, -0.2) is 11.5 Å². The average Bonchev–Trinajstić information content (AvgIpc) is 2.46. The lowest BCUT2D eigenvalue weighted by atomic mass is 9.92. The van der Waals surface area contributed by atoms with Gasteiger partial charge in [-0.3, -0.25) is 4.98 Å². The largest absolute Gasteiger partial charge is 0.310 e. The molecule has 1 aromatic carbocycles. The predicted octanol–water partition coefficient (Wildman–Crippen LogP) is 4.71. The molecular weight excluding hydrogens is 244 g/mol. The Morgan fingerprint density at radius 2 is 2.05 bits per heavy atom. The lowest BCUT2D eigenvalue weighted by Crippen LogP contribution is -2.23. The summed E-state index contributed by atoms with van der Waals surface area (Å²) >= 11 is 0. The van der Waals surface area contributed by atoms with Crippen LogP contribution in [0.25, 0.3) is 10.9 Å².